The van der Waals surface area contributed by atoms with Crippen LogP contribution in [0.25, 0.3) is 11.2 Å². The van der Waals surface area contributed by atoms with Crippen LogP contribution in [0.15, 0.2) is 23.1 Å². The van der Waals surface area contributed by atoms with E-state index >= 15 is 0 Å². The fourth-order valence-electron chi connectivity index (χ4n) is 3.48. The minimum Gasteiger partial charge on any atom is -0.481 e. The van der Waals surface area contributed by atoms with E-state index in [9.17, 15) is 24.3 Å². The van der Waals surface area contributed by atoms with Crippen LogP contribution in [0.3, 0.4) is 0 Å². The number of fused-ring (bicyclic) bond motifs is 1. The van der Waals surface area contributed by atoms with Gasteiger partial charge in [-0.1, -0.05) is 12.2 Å². The van der Waals surface area contributed by atoms with Crippen LogP contribution >= 0.6 is 0 Å². The Labute approximate surface area is 187 Å². The maximum atomic E-state index is 12.4. The summed E-state index contributed by atoms with van der Waals surface area (Å²) in [7, 11) is 1.64. The summed E-state index contributed by atoms with van der Waals surface area (Å²) in [6.07, 6.45) is 5.62. The number of hydrogen-bond donors (Lipinski definition) is 5. The molecule has 2 aromatic heterocycles. The van der Waals surface area contributed by atoms with E-state index in [0.717, 1.165) is 0 Å². The Balaban J connectivity index is 1.57. The number of aryl methyl sites for hydroxylation is 1. The van der Waals surface area contributed by atoms with E-state index in [1.165, 1.54) is 4.57 Å². The quantitative estimate of drug-likeness (QED) is 0.293. The molecular weight excluding hydrogens is 434 g/mol. The van der Waals surface area contributed by atoms with E-state index in [1.54, 1.807) is 19.3 Å². The number of nitrogen functional groups attached to an aromatic ring is 1. The molecule has 0 saturated heterocycles. The van der Waals surface area contributed by atoms with Crippen molar-refractivity contribution in [2.75, 3.05) is 5.73 Å². The summed E-state index contributed by atoms with van der Waals surface area (Å²) in [5, 5.41) is 23.6. The number of nitrogens with one attached hydrogen (secondary N) is 2. The van der Waals surface area contributed by atoms with Crippen LogP contribution in [0.2, 0.25) is 0 Å². The van der Waals surface area contributed by atoms with Crippen molar-refractivity contribution < 1.29 is 24.6 Å². The van der Waals surface area contributed by atoms with Crippen molar-refractivity contribution in [2.24, 2.45) is 13.0 Å². The molecule has 13 heteroatoms. The van der Waals surface area contributed by atoms with Crippen LogP contribution in [-0.4, -0.2) is 59.7 Å². The first-order valence-electron chi connectivity index (χ1n) is 10.3. The standard InChI is InChI=1S/C20H25N7O6/c1-27-16-15(18(31)26-20(27)21)24-12(9-23-16)8-22-11-4-2-10(3-5-11)17(30)25-13(19(32)33)6-7-14(28)29/h2,4,9-11,13,22H,3,5-8H2,1H3,(H,25,30)(H,28,29)(H,32,33)(H2,21,26,31)/t10?,11?,13-/m0/s1. The lowest BCUT2D eigenvalue weighted by molar-refractivity contribution is -0.143. The molecule has 0 aromatic carbocycles. The molecule has 13 nitrogen and oxygen atoms in total. The zero-order valence-corrected chi connectivity index (χ0v) is 17.9. The van der Waals surface area contributed by atoms with E-state index in [0.29, 0.717) is 30.7 Å². The van der Waals surface area contributed by atoms with Gasteiger partial charge in [-0.3, -0.25) is 19.0 Å². The van der Waals surface area contributed by atoms with Gasteiger partial charge in [0.05, 0.1) is 17.8 Å². The van der Waals surface area contributed by atoms with Crippen molar-refractivity contribution in [2.45, 2.75) is 44.3 Å². The molecular formula is C20H25N7O6. The largest absolute Gasteiger partial charge is 0.481 e. The summed E-state index contributed by atoms with van der Waals surface area (Å²) in [6, 6.07) is -1.30. The van der Waals surface area contributed by atoms with Crippen LogP contribution in [0.5, 0.6) is 0 Å². The SMILES string of the molecule is Cn1c(N)nc(=O)c2nc(CNC3C=CC(C(=O)N[C@@H](CCC(=O)O)C(=O)O)CC3)cnc21. The second kappa shape index (κ2) is 10.2. The van der Waals surface area contributed by atoms with Gasteiger partial charge in [0.25, 0.3) is 0 Å². The number of carboxylic acids is 2. The third kappa shape index (κ3) is 5.88. The first kappa shape index (κ1) is 23.8. The highest BCUT2D eigenvalue weighted by molar-refractivity contribution is 5.86. The molecule has 0 bridgehead atoms. The zero-order valence-electron chi connectivity index (χ0n) is 17.9. The average Bonchev–Trinajstić information content (AvgIpc) is 2.78. The van der Waals surface area contributed by atoms with Gasteiger partial charge in [-0.05, 0) is 19.3 Å². The third-order valence-corrected chi connectivity index (χ3v) is 5.39. The molecule has 6 N–H and O–H groups in total. The Hall–Kier alpha value is -3.87. The highest BCUT2D eigenvalue weighted by Gasteiger charge is 2.26. The Kier molecular flexibility index (Phi) is 7.33. The molecule has 1 aliphatic rings. The van der Waals surface area contributed by atoms with Gasteiger partial charge in [0.15, 0.2) is 11.2 Å². The molecule has 3 atom stereocenters. The minimum atomic E-state index is -1.27. The molecule has 2 heterocycles. The fourth-order valence-corrected chi connectivity index (χ4v) is 3.48. The maximum absolute atomic E-state index is 12.4. The lowest BCUT2D eigenvalue weighted by atomic mass is 9.91. The first-order chi connectivity index (χ1) is 15.7. The Morgan fingerprint density at radius 2 is 2.00 bits per heavy atom. The molecule has 1 amide bonds. The Morgan fingerprint density at radius 3 is 2.64 bits per heavy atom. The minimum absolute atomic E-state index is 0.0511. The highest BCUT2D eigenvalue weighted by atomic mass is 16.4. The van der Waals surface area contributed by atoms with Crippen LogP contribution < -0.4 is 21.9 Å². The number of nitrogens with two attached hydrogens (primary N) is 1. The molecule has 3 rings (SSSR count). The monoisotopic (exact) mass is 459 g/mol. The van der Waals surface area contributed by atoms with Gasteiger partial charge in [-0.15, -0.1) is 0 Å². The molecule has 2 aromatic rings. The Morgan fingerprint density at radius 1 is 1.24 bits per heavy atom. The van der Waals surface area contributed by atoms with Gasteiger partial charge < -0.3 is 26.6 Å². The molecule has 1 aliphatic carbocycles. The number of carbonyl (C=O) groups is 3. The summed E-state index contributed by atoms with van der Waals surface area (Å²) in [5.41, 5.74) is 6.12. The second-order valence-electron chi connectivity index (χ2n) is 7.76. The number of carboxylic acid groups (broad SMARTS) is 2. The average molecular weight is 459 g/mol. The van der Waals surface area contributed by atoms with Crippen molar-refractivity contribution in [1.82, 2.24) is 30.2 Å². The summed E-state index contributed by atoms with van der Waals surface area (Å²) < 4.78 is 1.48. The van der Waals surface area contributed by atoms with E-state index in [1.807, 2.05) is 6.08 Å². The summed E-state index contributed by atoms with van der Waals surface area (Å²) >= 11 is 0. The van der Waals surface area contributed by atoms with E-state index in [2.05, 4.69) is 25.6 Å². The number of anilines is 1. The predicted octanol–water partition coefficient (Wildman–Crippen LogP) is -0.836. The van der Waals surface area contributed by atoms with Crippen molar-refractivity contribution in [3.05, 3.63) is 34.4 Å². The fraction of sp³-hybridized carbons (Fsp3) is 0.450. The molecule has 176 valence electrons. The molecule has 33 heavy (non-hydrogen) atoms. The maximum Gasteiger partial charge on any atom is 0.326 e. The van der Waals surface area contributed by atoms with Crippen LogP contribution in [-0.2, 0) is 28.0 Å². The van der Waals surface area contributed by atoms with Crippen molar-refractivity contribution in [1.29, 1.82) is 0 Å². The van der Waals surface area contributed by atoms with Crippen LogP contribution in [0.1, 0.15) is 31.4 Å². The molecule has 0 saturated carbocycles. The lowest BCUT2D eigenvalue weighted by Gasteiger charge is -2.24. The van der Waals surface area contributed by atoms with E-state index in [4.69, 9.17) is 10.8 Å². The van der Waals surface area contributed by atoms with Crippen molar-refractivity contribution >= 4 is 35.0 Å². The summed E-state index contributed by atoms with van der Waals surface area (Å²) in [6.45, 7) is 0.332. The van der Waals surface area contributed by atoms with Crippen molar-refractivity contribution in [3.8, 4) is 0 Å². The molecule has 0 radical (unpaired) electrons. The smallest absolute Gasteiger partial charge is 0.326 e. The van der Waals surface area contributed by atoms with Gasteiger partial charge in [-0.25, -0.2) is 14.8 Å². The van der Waals surface area contributed by atoms with Gasteiger partial charge in [0.1, 0.15) is 6.04 Å². The van der Waals surface area contributed by atoms with Gasteiger partial charge in [0.2, 0.25) is 11.9 Å². The molecule has 0 fully saturated rings. The third-order valence-electron chi connectivity index (χ3n) is 5.39. The van der Waals surface area contributed by atoms with E-state index in [-0.39, 0.29) is 30.3 Å². The van der Waals surface area contributed by atoms with Crippen LogP contribution in [0.4, 0.5) is 5.95 Å². The summed E-state index contributed by atoms with van der Waals surface area (Å²) in [5.74, 6) is -3.30. The van der Waals surface area contributed by atoms with Gasteiger partial charge in [0, 0.05) is 26.1 Å². The number of amides is 1. The normalized spacial score (nSPS) is 18.7. The van der Waals surface area contributed by atoms with Gasteiger partial charge >= 0.3 is 17.5 Å². The molecule has 0 aliphatic heterocycles. The number of hydrogen-bond acceptors (Lipinski definition) is 9. The number of rotatable bonds is 9. The zero-order chi connectivity index (χ0) is 24.1. The second-order valence-corrected chi connectivity index (χ2v) is 7.76. The van der Waals surface area contributed by atoms with Crippen molar-refractivity contribution in [3.63, 3.8) is 0 Å². The number of aliphatic carboxylic acids is 2. The van der Waals surface area contributed by atoms with Gasteiger partial charge in [-0.2, -0.15) is 4.98 Å². The molecule has 2 unspecified atom stereocenters. The molecule has 0 spiro atoms. The number of carbonyl (C=O) groups excluding carboxylic acids is 1. The van der Waals surface area contributed by atoms with E-state index < -0.39 is 35.4 Å². The Bertz CT molecular complexity index is 1160. The topological polar surface area (TPSA) is 202 Å². The lowest BCUT2D eigenvalue weighted by Crippen LogP contribution is -2.44. The highest BCUT2D eigenvalue weighted by Crippen LogP contribution is 2.19. The first-order valence-corrected chi connectivity index (χ1v) is 10.3. The summed E-state index contributed by atoms with van der Waals surface area (Å²) in [4.78, 5) is 58.7. The number of nitrogens with zero attached hydrogens (tertiary/aromatic N) is 4. The number of aromatic nitrogens is 4. The van der Waals surface area contributed by atoms with Crippen LogP contribution in [0, 0.1) is 5.92 Å². The predicted molar refractivity (Wildman–Crippen MR) is 116 cm³/mol.